The zero-order chi connectivity index (χ0) is 22.8. The van der Waals surface area contributed by atoms with E-state index in [9.17, 15) is 4.79 Å². The highest BCUT2D eigenvalue weighted by Gasteiger charge is 2.31. The molecule has 7 heteroatoms. The van der Waals surface area contributed by atoms with Crippen LogP contribution in [-0.4, -0.2) is 60.3 Å². The van der Waals surface area contributed by atoms with E-state index in [4.69, 9.17) is 4.42 Å². The number of anilines is 2. The van der Waals surface area contributed by atoms with Crippen molar-refractivity contribution in [3.8, 4) is 11.5 Å². The lowest BCUT2D eigenvalue weighted by Gasteiger charge is -2.39. The summed E-state index contributed by atoms with van der Waals surface area (Å²) in [5.41, 5.74) is 4.63. The van der Waals surface area contributed by atoms with Crippen LogP contribution in [0, 0.1) is 19.8 Å². The summed E-state index contributed by atoms with van der Waals surface area (Å²) < 4.78 is 5.93. The summed E-state index contributed by atoms with van der Waals surface area (Å²) in [5.74, 6) is 0.908. The van der Waals surface area contributed by atoms with Gasteiger partial charge in [0.25, 0.3) is 0 Å². The summed E-state index contributed by atoms with van der Waals surface area (Å²) in [4.78, 5) is 19.7. The quantitative estimate of drug-likeness (QED) is 0.607. The van der Waals surface area contributed by atoms with Crippen LogP contribution in [0.4, 0.5) is 11.7 Å². The van der Waals surface area contributed by atoms with Crippen LogP contribution in [0.25, 0.3) is 11.5 Å². The van der Waals surface area contributed by atoms with Gasteiger partial charge in [0.2, 0.25) is 11.8 Å². The fraction of sp³-hybridized carbons (Fsp3) is 0.423. The van der Waals surface area contributed by atoms with Crippen molar-refractivity contribution in [2.75, 3.05) is 49.1 Å². The van der Waals surface area contributed by atoms with Gasteiger partial charge in [0.15, 0.2) is 0 Å². The predicted octanol–water partition coefficient (Wildman–Crippen LogP) is 3.92. The standard InChI is InChI=1S/C26H31N5O2/c1-19-3-7-21(8-4-19)24-27-28-26(33-24)31-13-11-22(12-14-31)25(32)30-17-15-29(16-18-30)23-9-5-20(2)6-10-23/h3-10,22H,11-18H2,1-2H3. The van der Waals surface area contributed by atoms with Crippen LogP contribution in [0.1, 0.15) is 24.0 Å². The third kappa shape index (κ3) is 4.72. The van der Waals surface area contributed by atoms with Crippen LogP contribution in [0.2, 0.25) is 0 Å². The zero-order valence-corrected chi connectivity index (χ0v) is 19.4. The van der Waals surface area contributed by atoms with E-state index in [2.05, 4.69) is 58.1 Å². The number of benzene rings is 2. The SMILES string of the molecule is Cc1ccc(-c2nnc(N3CCC(C(=O)N4CCN(c5ccc(C)cc5)CC4)CC3)o2)cc1. The van der Waals surface area contributed by atoms with Crippen LogP contribution in [-0.2, 0) is 4.79 Å². The maximum absolute atomic E-state index is 13.1. The number of carbonyl (C=O) groups is 1. The molecule has 0 atom stereocenters. The molecule has 1 amide bonds. The van der Waals surface area contributed by atoms with Gasteiger partial charge in [-0.05, 0) is 51.0 Å². The Hall–Kier alpha value is -3.35. The average Bonchev–Trinajstić information content (AvgIpc) is 3.35. The van der Waals surface area contributed by atoms with Gasteiger partial charge in [-0.25, -0.2) is 0 Å². The molecule has 2 fully saturated rings. The molecular formula is C26H31N5O2. The largest absolute Gasteiger partial charge is 0.403 e. The molecule has 1 aromatic heterocycles. The van der Waals surface area contributed by atoms with Gasteiger partial charge in [-0.15, -0.1) is 5.10 Å². The number of hydrogen-bond acceptors (Lipinski definition) is 6. The minimum absolute atomic E-state index is 0.0756. The van der Waals surface area contributed by atoms with Crippen LogP contribution >= 0.6 is 0 Å². The van der Waals surface area contributed by atoms with Crippen molar-refractivity contribution in [3.05, 3.63) is 59.7 Å². The fourth-order valence-corrected chi connectivity index (χ4v) is 4.67. The summed E-state index contributed by atoms with van der Waals surface area (Å²) in [7, 11) is 0. The molecule has 2 aliphatic rings. The molecule has 0 unspecified atom stereocenters. The number of piperidine rings is 1. The van der Waals surface area contributed by atoms with Crippen molar-refractivity contribution in [3.63, 3.8) is 0 Å². The number of carbonyl (C=O) groups excluding carboxylic acids is 1. The van der Waals surface area contributed by atoms with Crippen molar-refractivity contribution >= 4 is 17.6 Å². The third-order valence-electron chi connectivity index (χ3n) is 6.82. The monoisotopic (exact) mass is 445 g/mol. The van der Waals surface area contributed by atoms with Gasteiger partial charge in [-0.1, -0.05) is 40.5 Å². The Kier molecular flexibility index (Phi) is 6.03. The summed E-state index contributed by atoms with van der Waals surface area (Å²) in [5, 5.41) is 8.47. The van der Waals surface area contributed by atoms with Crippen molar-refractivity contribution in [2.24, 2.45) is 5.92 Å². The molecule has 0 saturated carbocycles. The molecule has 2 saturated heterocycles. The number of aryl methyl sites for hydroxylation is 2. The molecule has 0 N–H and O–H groups in total. The Bertz CT molecular complexity index is 1080. The first kappa shape index (κ1) is 21.5. The predicted molar refractivity (Wildman–Crippen MR) is 129 cm³/mol. The van der Waals surface area contributed by atoms with E-state index in [0.717, 1.165) is 57.7 Å². The van der Waals surface area contributed by atoms with Crippen LogP contribution < -0.4 is 9.80 Å². The zero-order valence-electron chi connectivity index (χ0n) is 19.4. The molecule has 5 rings (SSSR count). The molecule has 0 spiro atoms. The van der Waals surface area contributed by atoms with Gasteiger partial charge in [-0.2, -0.15) is 0 Å². The normalized spacial score (nSPS) is 17.5. The highest BCUT2D eigenvalue weighted by molar-refractivity contribution is 5.79. The Morgan fingerprint density at radius 1 is 0.788 bits per heavy atom. The molecule has 2 aromatic carbocycles. The van der Waals surface area contributed by atoms with Gasteiger partial charge in [0, 0.05) is 56.4 Å². The van der Waals surface area contributed by atoms with E-state index < -0.39 is 0 Å². The Balaban J connectivity index is 1.13. The maximum atomic E-state index is 13.1. The number of hydrogen-bond donors (Lipinski definition) is 0. The third-order valence-corrected chi connectivity index (χ3v) is 6.82. The van der Waals surface area contributed by atoms with E-state index in [-0.39, 0.29) is 5.92 Å². The Morgan fingerprint density at radius 3 is 2.03 bits per heavy atom. The number of aromatic nitrogens is 2. The van der Waals surface area contributed by atoms with Crippen LogP contribution in [0.5, 0.6) is 0 Å². The molecule has 172 valence electrons. The van der Waals surface area contributed by atoms with Crippen molar-refractivity contribution in [1.82, 2.24) is 15.1 Å². The van der Waals surface area contributed by atoms with Crippen LogP contribution in [0.15, 0.2) is 52.9 Å². The van der Waals surface area contributed by atoms with Gasteiger partial charge in [-0.3, -0.25) is 4.79 Å². The maximum Gasteiger partial charge on any atom is 0.318 e. The number of nitrogens with zero attached hydrogens (tertiary/aromatic N) is 5. The van der Waals surface area contributed by atoms with Crippen molar-refractivity contribution in [1.29, 1.82) is 0 Å². The topological polar surface area (TPSA) is 65.7 Å². The molecule has 3 aromatic rings. The lowest BCUT2D eigenvalue weighted by atomic mass is 9.95. The minimum atomic E-state index is 0.0756. The first-order chi connectivity index (χ1) is 16.1. The second-order valence-corrected chi connectivity index (χ2v) is 9.17. The fourth-order valence-electron chi connectivity index (χ4n) is 4.67. The van der Waals surface area contributed by atoms with E-state index in [1.165, 1.54) is 16.8 Å². The summed E-state index contributed by atoms with van der Waals surface area (Å²) in [6.45, 7) is 9.03. The lowest BCUT2D eigenvalue weighted by molar-refractivity contribution is -0.136. The highest BCUT2D eigenvalue weighted by atomic mass is 16.4. The van der Waals surface area contributed by atoms with Crippen molar-refractivity contribution < 1.29 is 9.21 Å². The Labute approximate surface area is 195 Å². The van der Waals surface area contributed by atoms with Gasteiger partial charge in [0.05, 0.1) is 0 Å². The molecule has 0 radical (unpaired) electrons. The first-order valence-electron chi connectivity index (χ1n) is 11.8. The molecule has 0 aliphatic carbocycles. The molecule has 2 aliphatic heterocycles. The van der Waals surface area contributed by atoms with Gasteiger partial charge in [0.1, 0.15) is 0 Å². The van der Waals surface area contributed by atoms with Crippen molar-refractivity contribution in [2.45, 2.75) is 26.7 Å². The number of rotatable bonds is 4. The van der Waals surface area contributed by atoms with E-state index in [1.807, 2.05) is 29.2 Å². The summed E-state index contributed by atoms with van der Waals surface area (Å²) >= 11 is 0. The first-order valence-corrected chi connectivity index (χ1v) is 11.8. The highest BCUT2D eigenvalue weighted by Crippen LogP contribution is 2.27. The lowest BCUT2D eigenvalue weighted by Crippen LogP contribution is -2.51. The molecule has 7 nitrogen and oxygen atoms in total. The minimum Gasteiger partial charge on any atom is -0.403 e. The van der Waals surface area contributed by atoms with E-state index in [0.29, 0.717) is 17.8 Å². The smallest absolute Gasteiger partial charge is 0.318 e. The van der Waals surface area contributed by atoms with Gasteiger partial charge >= 0.3 is 6.01 Å². The summed E-state index contributed by atoms with van der Waals surface area (Å²) in [6.07, 6.45) is 1.64. The van der Waals surface area contributed by atoms with E-state index in [1.54, 1.807) is 0 Å². The average molecular weight is 446 g/mol. The van der Waals surface area contributed by atoms with E-state index >= 15 is 0 Å². The van der Waals surface area contributed by atoms with Crippen LogP contribution in [0.3, 0.4) is 0 Å². The molecular weight excluding hydrogens is 414 g/mol. The number of piperazine rings is 1. The molecule has 33 heavy (non-hydrogen) atoms. The second kappa shape index (κ2) is 9.25. The Morgan fingerprint density at radius 2 is 1.39 bits per heavy atom. The second-order valence-electron chi connectivity index (χ2n) is 9.17. The van der Waals surface area contributed by atoms with Gasteiger partial charge < -0.3 is 19.1 Å². The summed E-state index contributed by atoms with van der Waals surface area (Å²) in [6, 6.07) is 17.2. The number of amides is 1. The molecule has 0 bridgehead atoms. The molecule has 3 heterocycles.